The number of hydrogen-bond donors (Lipinski definition) is 1. The van der Waals surface area contributed by atoms with E-state index in [2.05, 4.69) is 5.32 Å². The van der Waals surface area contributed by atoms with Crippen LogP contribution in [0.3, 0.4) is 0 Å². The second-order valence-corrected chi connectivity index (χ2v) is 6.10. The summed E-state index contributed by atoms with van der Waals surface area (Å²) in [4.78, 5) is 37.8. The Morgan fingerprint density at radius 2 is 1.68 bits per heavy atom. The van der Waals surface area contributed by atoms with E-state index in [1.807, 2.05) is 44.2 Å². The molecule has 25 heavy (non-hydrogen) atoms. The molecule has 0 spiro atoms. The van der Waals surface area contributed by atoms with Crippen molar-refractivity contribution in [2.75, 3.05) is 5.32 Å². The Kier molecular flexibility index (Phi) is 6.06. The van der Waals surface area contributed by atoms with Crippen LogP contribution in [0.1, 0.15) is 36.7 Å². The number of rotatable bonds is 5. The number of carbonyl (C=O) groups excluding carboxylic acids is 3. The summed E-state index contributed by atoms with van der Waals surface area (Å²) in [5, 5.41) is 2.58. The molecule has 130 valence electrons. The van der Waals surface area contributed by atoms with Crippen LogP contribution in [0.15, 0.2) is 54.6 Å². The van der Waals surface area contributed by atoms with E-state index >= 15 is 0 Å². The first kappa shape index (κ1) is 18.4. The average Bonchev–Trinajstić information content (AvgIpc) is 2.60. The number of amides is 2. The molecular formula is C20H22N2O3. The van der Waals surface area contributed by atoms with Crippen LogP contribution in [0.4, 0.5) is 5.69 Å². The third kappa shape index (κ3) is 5.01. The summed E-state index contributed by atoms with van der Waals surface area (Å²) in [6.07, 6.45) is 0. The van der Waals surface area contributed by atoms with Gasteiger partial charge in [-0.3, -0.25) is 14.4 Å². The number of benzene rings is 2. The maximum absolute atomic E-state index is 12.6. The minimum atomic E-state index is -0.717. The van der Waals surface area contributed by atoms with Gasteiger partial charge in [0.25, 0.3) is 0 Å². The number of nitrogens with one attached hydrogen (secondary N) is 1. The van der Waals surface area contributed by atoms with Gasteiger partial charge in [-0.2, -0.15) is 0 Å². The van der Waals surface area contributed by atoms with Gasteiger partial charge in [0.15, 0.2) is 5.78 Å². The summed E-state index contributed by atoms with van der Waals surface area (Å²) >= 11 is 0. The smallest absolute Gasteiger partial charge is 0.313 e. The van der Waals surface area contributed by atoms with Gasteiger partial charge in [0.05, 0.1) is 0 Å². The highest BCUT2D eigenvalue weighted by Gasteiger charge is 2.24. The van der Waals surface area contributed by atoms with Crippen molar-refractivity contribution in [3.05, 3.63) is 65.7 Å². The zero-order valence-electron chi connectivity index (χ0n) is 14.7. The molecule has 0 radical (unpaired) electrons. The number of hydrogen-bond acceptors (Lipinski definition) is 3. The lowest BCUT2D eigenvalue weighted by Gasteiger charge is -2.26. The molecule has 0 aromatic heterocycles. The first-order valence-electron chi connectivity index (χ1n) is 8.15. The second kappa shape index (κ2) is 8.24. The summed E-state index contributed by atoms with van der Waals surface area (Å²) < 4.78 is 0. The lowest BCUT2D eigenvalue weighted by Crippen LogP contribution is -2.43. The van der Waals surface area contributed by atoms with Crippen molar-refractivity contribution in [1.29, 1.82) is 0 Å². The number of carbonyl (C=O) groups is 3. The second-order valence-electron chi connectivity index (χ2n) is 6.10. The quantitative estimate of drug-likeness (QED) is 0.672. The van der Waals surface area contributed by atoms with E-state index in [1.54, 1.807) is 24.3 Å². The molecule has 0 aliphatic rings. The van der Waals surface area contributed by atoms with E-state index < -0.39 is 11.8 Å². The molecular weight excluding hydrogens is 316 g/mol. The fraction of sp³-hybridized carbons (Fsp3) is 0.250. The molecule has 0 saturated carbocycles. The highest BCUT2D eigenvalue weighted by atomic mass is 16.2. The van der Waals surface area contributed by atoms with Crippen molar-refractivity contribution in [1.82, 2.24) is 4.90 Å². The van der Waals surface area contributed by atoms with Gasteiger partial charge in [-0.15, -0.1) is 0 Å². The van der Waals surface area contributed by atoms with E-state index in [4.69, 9.17) is 0 Å². The standard InChI is InChI=1S/C20H22N2O3/c1-14(2)22(13-16-8-5-4-6-9-16)20(25)19(24)21-18-11-7-10-17(12-18)15(3)23/h4-12,14H,13H2,1-3H3,(H,21,24). The SMILES string of the molecule is CC(=O)c1cccc(NC(=O)C(=O)N(Cc2ccccc2)C(C)C)c1. The predicted molar refractivity (Wildman–Crippen MR) is 97.2 cm³/mol. The molecule has 0 bridgehead atoms. The molecule has 2 aromatic rings. The number of anilines is 1. The molecule has 0 unspecified atom stereocenters. The van der Waals surface area contributed by atoms with Crippen molar-refractivity contribution in [2.24, 2.45) is 0 Å². The first-order chi connectivity index (χ1) is 11.9. The topological polar surface area (TPSA) is 66.5 Å². The summed E-state index contributed by atoms with van der Waals surface area (Å²) in [6.45, 7) is 5.54. The zero-order chi connectivity index (χ0) is 18.4. The van der Waals surface area contributed by atoms with E-state index in [1.165, 1.54) is 11.8 Å². The van der Waals surface area contributed by atoms with E-state index in [9.17, 15) is 14.4 Å². The van der Waals surface area contributed by atoms with Gasteiger partial charge in [-0.25, -0.2) is 0 Å². The summed E-state index contributed by atoms with van der Waals surface area (Å²) in [7, 11) is 0. The third-order valence-electron chi connectivity index (χ3n) is 3.80. The van der Waals surface area contributed by atoms with Gasteiger partial charge < -0.3 is 10.2 Å². The van der Waals surface area contributed by atoms with Crippen LogP contribution >= 0.6 is 0 Å². The largest absolute Gasteiger partial charge is 0.328 e. The van der Waals surface area contributed by atoms with E-state index in [-0.39, 0.29) is 11.8 Å². The Bertz CT molecular complexity index is 770. The fourth-order valence-electron chi connectivity index (χ4n) is 2.40. The maximum atomic E-state index is 12.6. The van der Waals surface area contributed by atoms with Crippen LogP contribution in [0.25, 0.3) is 0 Å². The Hall–Kier alpha value is -2.95. The molecule has 0 atom stereocenters. The van der Waals surface area contributed by atoms with E-state index in [0.29, 0.717) is 17.8 Å². The highest BCUT2D eigenvalue weighted by Crippen LogP contribution is 2.13. The number of ketones is 1. The first-order valence-corrected chi connectivity index (χ1v) is 8.15. The monoisotopic (exact) mass is 338 g/mol. The van der Waals surface area contributed by atoms with Crippen molar-refractivity contribution >= 4 is 23.3 Å². The molecule has 0 saturated heterocycles. The van der Waals surface area contributed by atoms with Crippen LogP contribution in [-0.2, 0) is 16.1 Å². The zero-order valence-corrected chi connectivity index (χ0v) is 14.7. The Morgan fingerprint density at radius 1 is 1.00 bits per heavy atom. The summed E-state index contributed by atoms with van der Waals surface area (Å²) in [6, 6.07) is 15.9. The molecule has 2 rings (SSSR count). The number of nitrogens with zero attached hydrogens (tertiary/aromatic N) is 1. The minimum Gasteiger partial charge on any atom is -0.328 e. The fourth-order valence-corrected chi connectivity index (χ4v) is 2.40. The highest BCUT2D eigenvalue weighted by molar-refractivity contribution is 6.39. The molecule has 5 heteroatoms. The van der Waals surface area contributed by atoms with Crippen LogP contribution < -0.4 is 5.32 Å². The van der Waals surface area contributed by atoms with Gasteiger partial charge in [-0.1, -0.05) is 42.5 Å². The van der Waals surface area contributed by atoms with Crippen molar-refractivity contribution < 1.29 is 14.4 Å². The molecule has 2 aromatic carbocycles. The maximum Gasteiger partial charge on any atom is 0.313 e. The molecule has 0 fully saturated rings. The van der Waals surface area contributed by atoms with Gasteiger partial charge >= 0.3 is 11.8 Å². The van der Waals surface area contributed by atoms with Crippen LogP contribution in [0.5, 0.6) is 0 Å². The number of Topliss-reactive ketones (excluding diaryl/α,β-unsaturated/α-hetero) is 1. The van der Waals surface area contributed by atoms with Gasteiger partial charge in [-0.05, 0) is 38.5 Å². The Labute approximate surface area is 147 Å². The summed E-state index contributed by atoms with van der Waals surface area (Å²) in [5.41, 5.74) is 1.86. The van der Waals surface area contributed by atoms with Gasteiger partial charge in [0, 0.05) is 23.8 Å². The van der Waals surface area contributed by atoms with E-state index in [0.717, 1.165) is 5.56 Å². The van der Waals surface area contributed by atoms with Gasteiger partial charge in [0.2, 0.25) is 0 Å². The lowest BCUT2D eigenvalue weighted by molar-refractivity contribution is -0.144. The lowest BCUT2D eigenvalue weighted by atomic mass is 10.1. The Morgan fingerprint density at radius 3 is 2.28 bits per heavy atom. The summed E-state index contributed by atoms with van der Waals surface area (Å²) in [5.74, 6) is -1.42. The average molecular weight is 338 g/mol. The van der Waals surface area contributed by atoms with Crippen molar-refractivity contribution in [2.45, 2.75) is 33.4 Å². The van der Waals surface area contributed by atoms with Crippen LogP contribution in [0, 0.1) is 0 Å². The van der Waals surface area contributed by atoms with Gasteiger partial charge in [0.1, 0.15) is 0 Å². The molecule has 5 nitrogen and oxygen atoms in total. The predicted octanol–water partition coefficient (Wildman–Crippen LogP) is 3.26. The van der Waals surface area contributed by atoms with Crippen molar-refractivity contribution in [3.63, 3.8) is 0 Å². The molecule has 0 aliphatic heterocycles. The molecule has 2 amide bonds. The minimum absolute atomic E-state index is 0.102. The van der Waals surface area contributed by atoms with Crippen LogP contribution in [0.2, 0.25) is 0 Å². The Balaban J connectivity index is 2.12. The molecule has 0 aliphatic carbocycles. The van der Waals surface area contributed by atoms with Crippen molar-refractivity contribution in [3.8, 4) is 0 Å². The molecule has 1 N–H and O–H groups in total. The van der Waals surface area contributed by atoms with Crippen LogP contribution in [-0.4, -0.2) is 28.5 Å². The molecule has 0 heterocycles. The normalized spacial score (nSPS) is 10.4. The third-order valence-corrected chi connectivity index (χ3v) is 3.80.